The molecule has 1 N–H and O–H groups in total. The SMILES string of the molecule is CCC[CH]C1CNCCS1. The van der Waals surface area contributed by atoms with Crippen molar-refractivity contribution in [3.63, 3.8) is 0 Å². The van der Waals surface area contributed by atoms with Crippen LogP contribution in [0.15, 0.2) is 0 Å². The molecule has 0 amide bonds. The summed E-state index contributed by atoms with van der Waals surface area (Å²) in [5, 5.41) is 4.18. The number of nitrogens with one attached hydrogen (secondary N) is 1. The molecule has 0 aliphatic carbocycles. The first-order chi connectivity index (χ1) is 4.93. The van der Waals surface area contributed by atoms with Crippen molar-refractivity contribution in [1.82, 2.24) is 5.32 Å². The molecular formula is C8H16NS. The molecule has 1 fully saturated rings. The molecule has 0 spiro atoms. The zero-order valence-corrected chi connectivity index (χ0v) is 7.41. The summed E-state index contributed by atoms with van der Waals surface area (Å²) in [7, 11) is 0. The Hall–Kier alpha value is 0.310. The van der Waals surface area contributed by atoms with E-state index in [1.54, 1.807) is 0 Å². The standard InChI is InChI=1S/C8H16NS/c1-2-3-4-8-7-9-5-6-10-8/h4,8-9H,2-3,5-7H2,1H3. The molecule has 1 radical (unpaired) electrons. The van der Waals surface area contributed by atoms with Gasteiger partial charge in [-0.3, -0.25) is 0 Å². The third kappa shape index (κ3) is 2.93. The van der Waals surface area contributed by atoms with Gasteiger partial charge in [-0.1, -0.05) is 13.3 Å². The summed E-state index contributed by atoms with van der Waals surface area (Å²) in [5.74, 6) is 1.28. The van der Waals surface area contributed by atoms with Crippen molar-refractivity contribution in [3.8, 4) is 0 Å². The highest BCUT2D eigenvalue weighted by Crippen LogP contribution is 2.17. The average molecular weight is 158 g/mol. The van der Waals surface area contributed by atoms with Crippen molar-refractivity contribution in [2.45, 2.75) is 25.0 Å². The van der Waals surface area contributed by atoms with E-state index in [9.17, 15) is 0 Å². The van der Waals surface area contributed by atoms with Crippen LogP contribution in [0, 0.1) is 6.42 Å². The minimum atomic E-state index is 0.786. The summed E-state index contributed by atoms with van der Waals surface area (Å²) < 4.78 is 0. The predicted octanol–water partition coefficient (Wildman–Crippen LogP) is 1.70. The van der Waals surface area contributed by atoms with Crippen LogP contribution in [0.1, 0.15) is 19.8 Å². The zero-order chi connectivity index (χ0) is 7.23. The summed E-state index contributed by atoms with van der Waals surface area (Å²) in [6.07, 6.45) is 5.01. The third-order valence-corrected chi connectivity index (χ3v) is 2.90. The van der Waals surface area contributed by atoms with E-state index in [2.05, 4.69) is 30.4 Å². The molecule has 1 saturated heterocycles. The lowest BCUT2D eigenvalue weighted by Gasteiger charge is -2.21. The van der Waals surface area contributed by atoms with Crippen molar-refractivity contribution in [2.24, 2.45) is 0 Å². The van der Waals surface area contributed by atoms with Gasteiger partial charge in [0.2, 0.25) is 0 Å². The lowest BCUT2D eigenvalue weighted by molar-refractivity contribution is 0.683. The summed E-state index contributed by atoms with van der Waals surface area (Å²) in [6.45, 7) is 4.61. The van der Waals surface area contributed by atoms with Gasteiger partial charge in [-0.25, -0.2) is 0 Å². The van der Waals surface area contributed by atoms with Gasteiger partial charge in [-0.05, 0) is 12.8 Å². The molecule has 59 valence electrons. The molecule has 1 unspecified atom stereocenters. The van der Waals surface area contributed by atoms with Crippen LogP contribution < -0.4 is 5.32 Å². The highest BCUT2D eigenvalue weighted by molar-refractivity contribution is 8.00. The first kappa shape index (κ1) is 8.41. The third-order valence-electron chi connectivity index (χ3n) is 1.67. The van der Waals surface area contributed by atoms with Gasteiger partial charge in [0, 0.05) is 24.1 Å². The van der Waals surface area contributed by atoms with Gasteiger partial charge < -0.3 is 5.32 Å². The maximum atomic E-state index is 3.39. The van der Waals surface area contributed by atoms with E-state index in [1.165, 1.54) is 31.7 Å². The lowest BCUT2D eigenvalue weighted by atomic mass is 10.2. The van der Waals surface area contributed by atoms with Gasteiger partial charge >= 0.3 is 0 Å². The molecule has 1 aliphatic heterocycles. The normalized spacial score (nSPS) is 26.7. The zero-order valence-electron chi connectivity index (χ0n) is 6.60. The second kappa shape index (κ2) is 5.03. The molecule has 1 nitrogen and oxygen atoms in total. The van der Waals surface area contributed by atoms with Gasteiger partial charge in [0.15, 0.2) is 0 Å². The molecule has 2 heteroatoms. The van der Waals surface area contributed by atoms with E-state index in [4.69, 9.17) is 0 Å². The Labute approximate surface area is 68.0 Å². The Morgan fingerprint density at radius 1 is 1.70 bits per heavy atom. The topological polar surface area (TPSA) is 12.0 Å². The van der Waals surface area contributed by atoms with Crippen molar-refractivity contribution in [3.05, 3.63) is 6.42 Å². The van der Waals surface area contributed by atoms with E-state index in [1.807, 2.05) is 0 Å². The van der Waals surface area contributed by atoms with Crippen LogP contribution in [-0.2, 0) is 0 Å². The van der Waals surface area contributed by atoms with Gasteiger partial charge in [-0.15, -0.1) is 0 Å². The summed E-state index contributed by atoms with van der Waals surface area (Å²) in [6, 6.07) is 0. The molecule has 1 heterocycles. The van der Waals surface area contributed by atoms with E-state index < -0.39 is 0 Å². The minimum Gasteiger partial charge on any atom is -0.315 e. The minimum absolute atomic E-state index is 0.786. The Bertz CT molecular complexity index is 79.3. The Balaban J connectivity index is 2.02. The molecule has 10 heavy (non-hydrogen) atoms. The van der Waals surface area contributed by atoms with Crippen LogP contribution in [0.4, 0.5) is 0 Å². The Morgan fingerprint density at radius 3 is 3.20 bits per heavy atom. The summed E-state index contributed by atoms with van der Waals surface area (Å²) in [4.78, 5) is 0. The molecule has 1 rings (SSSR count). The molecule has 1 atom stereocenters. The van der Waals surface area contributed by atoms with Crippen LogP contribution in [0.2, 0.25) is 0 Å². The largest absolute Gasteiger partial charge is 0.315 e. The Morgan fingerprint density at radius 2 is 2.60 bits per heavy atom. The maximum absolute atomic E-state index is 3.39. The second-order valence-electron chi connectivity index (χ2n) is 2.64. The fourth-order valence-electron chi connectivity index (χ4n) is 1.09. The molecule has 0 bridgehead atoms. The fraction of sp³-hybridized carbons (Fsp3) is 0.875. The van der Waals surface area contributed by atoms with E-state index in [0.29, 0.717) is 0 Å². The quantitative estimate of drug-likeness (QED) is 0.671. The monoisotopic (exact) mass is 158 g/mol. The van der Waals surface area contributed by atoms with Crippen molar-refractivity contribution in [1.29, 1.82) is 0 Å². The fourth-order valence-corrected chi connectivity index (χ4v) is 2.16. The van der Waals surface area contributed by atoms with Crippen molar-refractivity contribution >= 4 is 11.8 Å². The van der Waals surface area contributed by atoms with Crippen LogP contribution in [-0.4, -0.2) is 24.1 Å². The highest BCUT2D eigenvalue weighted by Gasteiger charge is 2.11. The number of hydrogen-bond donors (Lipinski definition) is 1. The predicted molar refractivity (Wildman–Crippen MR) is 48.3 cm³/mol. The second-order valence-corrected chi connectivity index (χ2v) is 3.98. The summed E-state index contributed by atoms with van der Waals surface area (Å²) in [5.41, 5.74) is 0. The smallest absolute Gasteiger partial charge is 0.0204 e. The molecule has 0 aromatic heterocycles. The summed E-state index contributed by atoms with van der Waals surface area (Å²) >= 11 is 2.09. The molecule has 0 aromatic carbocycles. The van der Waals surface area contributed by atoms with Gasteiger partial charge in [0.25, 0.3) is 0 Å². The van der Waals surface area contributed by atoms with Crippen molar-refractivity contribution in [2.75, 3.05) is 18.8 Å². The lowest BCUT2D eigenvalue weighted by Crippen LogP contribution is -2.32. The number of hydrogen-bond acceptors (Lipinski definition) is 2. The van der Waals surface area contributed by atoms with Crippen LogP contribution in [0.5, 0.6) is 0 Å². The van der Waals surface area contributed by atoms with Crippen molar-refractivity contribution < 1.29 is 0 Å². The van der Waals surface area contributed by atoms with E-state index >= 15 is 0 Å². The molecule has 1 aliphatic rings. The first-order valence-electron chi connectivity index (χ1n) is 4.09. The Kier molecular flexibility index (Phi) is 4.23. The van der Waals surface area contributed by atoms with Gasteiger partial charge in [-0.2, -0.15) is 11.8 Å². The van der Waals surface area contributed by atoms with E-state index in [-0.39, 0.29) is 0 Å². The molecule has 0 saturated carbocycles. The average Bonchev–Trinajstić information content (AvgIpc) is 2.03. The highest BCUT2D eigenvalue weighted by atomic mass is 32.2. The van der Waals surface area contributed by atoms with Crippen LogP contribution in [0.3, 0.4) is 0 Å². The van der Waals surface area contributed by atoms with Gasteiger partial charge in [0.05, 0.1) is 0 Å². The maximum Gasteiger partial charge on any atom is 0.0204 e. The van der Waals surface area contributed by atoms with Gasteiger partial charge in [0.1, 0.15) is 0 Å². The molecular weight excluding hydrogens is 142 g/mol. The first-order valence-corrected chi connectivity index (χ1v) is 5.14. The molecule has 0 aromatic rings. The van der Waals surface area contributed by atoms with Crippen LogP contribution in [0.25, 0.3) is 0 Å². The van der Waals surface area contributed by atoms with Crippen LogP contribution >= 0.6 is 11.8 Å². The number of unbranched alkanes of at least 4 members (excludes halogenated alkanes) is 1. The van der Waals surface area contributed by atoms with E-state index in [0.717, 1.165) is 5.25 Å². The number of rotatable bonds is 3. The number of thioether (sulfide) groups is 1.